The van der Waals surface area contributed by atoms with Crippen LogP contribution in [0.1, 0.15) is 19.3 Å². The molecule has 2 heterocycles. The molecule has 1 saturated heterocycles. The molecule has 1 N–H and O–H groups in total. The number of rotatable bonds is 9. The minimum absolute atomic E-state index is 0.00655. The molecule has 0 saturated carbocycles. The van der Waals surface area contributed by atoms with E-state index in [0.29, 0.717) is 19.1 Å². The number of carbonyl (C=O) groups excluding carboxylic acids is 1. The summed E-state index contributed by atoms with van der Waals surface area (Å²) in [6.45, 7) is 4.50. The van der Waals surface area contributed by atoms with E-state index in [4.69, 9.17) is 4.74 Å². The molecule has 1 aliphatic rings. The molecule has 0 radical (unpaired) electrons. The van der Waals surface area contributed by atoms with Gasteiger partial charge in [0.15, 0.2) is 5.96 Å². The number of hydrogen-bond acceptors (Lipinski definition) is 5. The molecule has 0 unspecified atom stereocenters. The lowest BCUT2D eigenvalue weighted by atomic mass is 9.93. The lowest BCUT2D eigenvalue weighted by Gasteiger charge is -2.34. The number of pyridine rings is 1. The fourth-order valence-electron chi connectivity index (χ4n) is 3.38. The second-order valence-corrected chi connectivity index (χ2v) is 7.69. The maximum atomic E-state index is 11.9. The number of amides is 1. The Labute approximate surface area is 174 Å². The molecule has 1 fully saturated rings. The van der Waals surface area contributed by atoms with E-state index >= 15 is 0 Å². The van der Waals surface area contributed by atoms with Crippen LogP contribution in [0.4, 0.5) is 5.69 Å². The van der Waals surface area contributed by atoms with Crippen LogP contribution in [0.15, 0.2) is 29.5 Å². The minimum atomic E-state index is -0.00655. The number of anilines is 1. The Morgan fingerprint density at radius 1 is 1.28 bits per heavy atom. The number of ether oxygens (including phenoxy) is 1. The van der Waals surface area contributed by atoms with E-state index in [-0.39, 0.29) is 12.5 Å². The summed E-state index contributed by atoms with van der Waals surface area (Å²) in [7, 11) is 7.21. The van der Waals surface area contributed by atoms with Crippen LogP contribution in [0.25, 0.3) is 0 Å². The van der Waals surface area contributed by atoms with Gasteiger partial charge in [-0.05, 0) is 37.3 Å². The summed E-state index contributed by atoms with van der Waals surface area (Å²) in [5.74, 6) is 1.46. The van der Waals surface area contributed by atoms with E-state index in [1.54, 1.807) is 26.1 Å². The fourth-order valence-corrected chi connectivity index (χ4v) is 3.38. The van der Waals surface area contributed by atoms with Crippen LogP contribution >= 0.6 is 0 Å². The summed E-state index contributed by atoms with van der Waals surface area (Å²) in [5.41, 5.74) is 1.26. The number of hydrogen-bond donors (Lipinski definition) is 1. The number of aromatic nitrogens is 1. The van der Waals surface area contributed by atoms with Gasteiger partial charge in [0.2, 0.25) is 5.91 Å². The summed E-state index contributed by atoms with van der Waals surface area (Å²) >= 11 is 0. The van der Waals surface area contributed by atoms with E-state index < -0.39 is 0 Å². The van der Waals surface area contributed by atoms with Crippen LogP contribution in [0.3, 0.4) is 0 Å². The van der Waals surface area contributed by atoms with Crippen molar-refractivity contribution in [2.75, 3.05) is 72.5 Å². The van der Waals surface area contributed by atoms with Gasteiger partial charge >= 0.3 is 0 Å². The first-order valence-corrected chi connectivity index (χ1v) is 10.3. The first kappa shape index (κ1) is 22.9. The van der Waals surface area contributed by atoms with Gasteiger partial charge < -0.3 is 24.8 Å². The summed E-state index contributed by atoms with van der Waals surface area (Å²) in [4.78, 5) is 26.6. The fraction of sp³-hybridized carbons (Fsp3) is 0.667. The Balaban J connectivity index is 1.81. The van der Waals surface area contributed by atoms with Gasteiger partial charge in [0.1, 0.15) is 6.54 Å². The molecule has 1 amide bonds. The molecule has 1 aromatic rings. The number of nitrogens with one attached hydrogen (secondary N) is 1. The maximum Gasteiger partial charge on any atom is 0.243 e. The highest BCUT2D eigenvalue weighted by molar-refractivity contribution is 5.84. The van der Waals surface area contributed by atoms with Crippen molar-refractivity contribution in [1.82, 2.24) is 20.1 Å². The molecule has 0 aromatic carbocycles. The Hall–Kier alpha value is -2.35. The van der Waals surface area contributed by atoms with Crippen LogP contribution in [-0.4, -0.2) is 94.2 Å². The van der Waals surface area contributed by atoms with Crippen molar-refractivity contribution < 1.29 is 9.53 Å². The van der Waals surface area contributed by atoms with Crippen LogP contribution in [0.5, 0.6) is 0 Å². The summed E-state index contributed by atoms with van der Waals surface area (Å²) < 4.78 is 5.12. The average Bonchev–Trinajstić information content (AvgIpc) is 2.75. The van der Waals surface area contributed by atoms with E-state index in [2.05, 4.69) is 37.2 Å². The maximum absolute atomic E-state index is 11.9. The Kier molecular flexibility index (Phi) is 9.70. The second-order valence-electron chi connectivity index (χ2n) is 7.69. The number of piperidine rings is 1. The van der Waals surface area contributed by atoms with Crippen molar-refractivity contribution in [2.24, 2.45) is 10.9 Å². The minimum Gasteiger partial charge on any atom is -0.383 e. The SMILES string of the molecule is COCCNC(=NCC(=O)N(C)C)N(C)CCC1CCN(c2ccncc2)CC1. The molecule has 1 aliphatic heterocycles. The zero-order chi connectivity index (χ0) is 21.1. The first-order valence-electron chi connectivity index (χ1n) is 10.3. The average molecular weight is 405 g/mol. The smallest absolute Gasteiger partial charge is 0.243 e. The molecule has 8 heteroatoms. The van der Waals surface area contributed by atoms with Gasteiger partial charge in [-0.2, -0.15) is 0 Å². The third-order valence-corrected chi connectivity index (χ3v) is 5.33. The van der Waals surface area contributed by atoms with Crippen LogP contribution in [-0.2, 0) is 9.53 Å². The summed E-state index contributed by atoms with van der Waals surface area (Å²) in [5, 5.41) is 3.30. The molecule has 0 atom stereocenters. The normalized spacial score (nSPS) is 15.3. The highest BCUT2D eigenvalue weighted by Gasteiger charge is 2.20. The van der Waals surface area contributed by atoms with Crippen molar-refractivity contribution in [2.45, 2.75) is 19.3 Å². The van der Waals surface area contributed by atoms with Gasteiger partial charge in [-0.1, -0.05) is 0 Å². The van der Waals surface area contributed by atoms with Crippen molar-refractivity contribution in [3.8, 4) is 0 Å². The van der Waals surface area contributed by atoms with Gasteiger partial charge in [0.25, 0.3) is 0 Å². The molecule has 1 aromatic heterocycles. The molecule has 2 rings (SSSR count). The third-order valence-electron chi connectivity index (χ3n) is 5.33. The molecular formula is C21H36N6O2. The number of nitrogens with zero attached hydrogens (tertiary/aromatic N) is 5. The predicted molar refractivity (Wildman–Crippen MR) is 117 cm³/mol. The Morgan fingerprint density at radius 2 is 1.97 bits per heavy atom. The molecule has 0 spiro atoms. The number of methoxy groups -OCH3 is 1. The lowest BCUT2D eigenvalue weighted by molar-refractivity contribution is -0.127. The molecule has 8 nitrogen and oxygen atoms in total. The Bertz CT molecular complexity index is 629. The van der Waals surface area contributed by atoms with Crippen LogP contribution in [0, 0.1) is 5.92 Å². The van der Waals surface area contributed by atoms with Crippen molar-refractivity contribution in [3.63, 3.8) is 0 Å². The van der Waals surface area contributed by atoms with E-state index in [0.717, 1.165) is 32.0 Å². The second kappa shape index (κ2) is 12.3. The summed E-state index contributed by atoms with van der Waals surface area (Å²) in [6.07, 6.45) is 7.22. The Morgan fingerprint density at radius 3 is 2.59 bits per heavy atom. The topological polar surface area (TPSA) is 73.3 Å². The highest BCUT2D eigenvalue weighted by Crippen LogP contribution is 2.24. The van der Waals surface area contributed by atoms with Gasteiger partial charge in [-0.25, -0.2) is 4.99 Å². The number of aliphatic imine (C=N–C) groups is 1. The zero-order valence-corrected chi connectivity index (χ0v) is 18.3. The third kappa shape index (κ3) is 7.89. The van der Waals surface area contributed by atoms with Crippen molar-refractivity contribution in [1.29, 1.82) is 0 Å². The molecule has 29 heavy (non-hydrogen) atoms. The highest BCUT2D eigenvalue weighted by atomic mass is 16.5. The molecular weight excluding hydrogens is 368 g/mol. The van der Waals surface area contributed by atoms with Gasteiger partial charge in [0, 0.05) is 72.5 Å². The monoisotopic (exact) mass is 404 g/mol. The van der Waals surface area contributed by atoms with E-state index in [9.17, 15) is 4.79 Å². The number of likely N-dealkylation sites (N-methyl/N-ethyl adjacent to an activating group) is 1. The van der Waals surface area contributed by atoms with Crippen LogP contribution in [0.2, 0.25) is 0 Å². The predicted octanol–water partition coefficient (Wildman–Crippen LogP) is 1.30. The zero-order valence-electron chi connectivity index (χ0n) is 18.3. The van der Waals surface area contributed by atoms with Gasteiger partial charge in [-0.3, -0.25) is 9.78 Å². The van der Waals surface area contributed by atoms with Crippen LogP contribution < -0.4 is 10.2 Å². The van der Waals surface area contributed by atoms with E-state index in [1.165, 1.54) is 18.5 Å². The lowest BCUT2D eigenvalue weighted by Crippen LogP contribution is -2.42. The number of carbonyl (C=O) groups is 1. The largest absolute Gasteiger partial charge is 0.383 e. The van der Waals surface area contributed by atoms with Gasteiger partial charge in [-0.15, -0.1) is 0 Å². The quantitative estimate of drug-likeness (QED) is 0.380. The number of guanidine groups is 1. The first-order chi connectivity index (χ1) is 14.0. The molecule has 0 aliphatic carbocycles. The van der Waals surface area contributed by atoms with Crippen molar-refractivity contribution in [3.05, 3.63) is 24.5 Å². The van der Waals surface area contributed by atoms with Crippen molar-refractivity contribution >= 4 is 17.6 Å². The van der Waals surface area contributed by atoms with E-state index in [1.807, 2.05) is 19.4 Å². The van der Waals surface area contributed by atoms with Gasteiger partial charge in [0.05, 0.1) is 6.61 Å². The summed E-state index contributed by atoms with van der Waals surface area (Å²) in [6, 6.07) is 4.16. The molecule has 0 bridgehead atoms. The molecule has 162 valence electrons. The standard InChI is InChI=1S/C21H36N6O2/c1-25(2)20(28)17-24-21(23-12-16-29-4)26(3)13-7-18-8-14-27(15-9-18)19-5-10-22-11-6-19/h5-6,10-11,18H,7-9,12-17H2,1-4H3,(H,23,24).